The van der Waals surface area contributed by atoms with E-state index in [1.165, 1.54) is 14.2 Å². The summed E-state index contributed by atoms with van der Waals surface area (Å²) in [5, 5.41) is 5.19. The van der Waals surface area contributed by atoms with Crippen LogP contribution in [0, 0.1) is 5.92 Å². The molecule has 1 rings (SSSR count). The molecule has 1 aromatic rings. The highest BCUT2D eigenvalue weighted by atomic mass is 16.5. The standard InChI is InChI=1S/C15H23N3O4/c1-9(2)5-13(18-15(16)20)14(19)17-10-6-11(21-3)8-12(7-10)22-4/h6-9,13H,5H2,1-4H3,(H,17,19)(H3,16,18,20). The number of rotatable bonds is 7. The predicted molar refractivity (Wildman–Crippen MR) is 84.1 cm³/mol. The number of methoxy groups -OCH3 is 2. The number of hydrogen-bond acceptors (Lipinski definition) is 4. The predicted octanol–water partition coefficient (Wildman–Crippen LogP) is 1.73. The van der Waals surface area contributed by atoms with E-state index in [2.05, 4.69) is 10.6 Å². The maximum Gasteiger partial charge on any atom is 0.312 e. The van der Waals surface area contributed by atoms with Crippen molar-refractivity contribution in [3.63, 3.8) is 0 Å². The van der Waals surface area contributed by atoms with E-state index in [0.29, 0.717) is 23.6 Å². The van der Waals surface area contributed by atoms with Crippen molar-refractivity contribution in [3.8, 4) is 11.5 Å². The van der Waals surface area contributed by atoms with Gasteiger partial charge in [0, 0.05) is 23.9 Å². The fourth-order valence-electron chi connectivity index (χ4n) is 1.98. The molecule has 1 aromatic carbocycles. The van der Waals surface area contributed by atoms with Gasteiger partial charge in [-0.2, -0.15) is 0 Å². The van der Waals surface area contributed by atoms with Gasteiger partial charge in [0.05, 0.1) is 14.2 Å². The molecule has 0 spiro atoms. The molecule has 0 aromatic heterocycles. The van der Waals surface area contributed by atoms with E-state index in [-0.39, 0.29) is 11.8 Å². The molecule has 22 heavy (non-hydrogen) atoms. The van der Waals surface area contributed by atoms with E-state index in [9.17, 15) is 9.59 Å². The highest BCUT2D eigenvalue weighted by Gasteiger charge is 2.21. The SMILES string of the molecule is COc1cc(NC(=O)C(CC(C)C)NC(N)=O)cc(OC)c1. The minimum Gasteiger partial charge on any atom is -0.497 e. The Morgan fingerprint density at radius 2 is 1.68 bits per heavy atom. The molecule has 122 valence electrons. The van der Waals surface area contributed by atoms with Gasteiger partial charge in [-0.15, -0.1) is 0 Å². The Bertz CT molecular complexity index is 509. The summed E-state index contributed by atoms with van der Waals surface area (Å²) in [5.74, 6) is 0.987. The summed E-state index contributed by atoms with van der Waals surface area (Å²) in [6.07, 6.45) is 0.482. The monoisotopic (exact) mass is 309 g/mol. The van der Waals surface area contributed by atoms with Crippen LogP contribution >= 0.6 is 0 Å². The van der Waals surface area contributed by atoms with Crippen molar-refractivity contribution in [1.82, 2.24) is 5.32 Å². The summed E-state index contributed by atoms with van der Waals surface area (Å²) < 4.78 is 10.3. The summed E-state index contributed by atoms with van der Waals surface area (Å²) in [6.45, 7) is 3.91. The highest BCUT2D eigenvalue weighted by Crippen LogP contribution is 2.26. The van der Waals surface area contributed by atoms with Crippen LogP contribution in [-0.2, 0) is 4.79 Å². The number of primary amides is 1. The molecule has 0 saturated carbocycles. The lowest BCUT2D eigenvalue weighted by Crippen LogP contribution is -2.46. The van der Waals surface area contributed by atoms with Gasteiger partial charge in [0.15, 0.2) is 0 Å². The second-order valence-electron chi connectivity index (χ2n) is 5.28. The fourth-order valence-corrected chi connectivity index (χ4v) is 1.98. The van der Waals surface area contributed by atoms with Crippen LogP contribution < -0.4 is 25.8 Å². The number of nitrogens with one attached hydrogen (secondary N) is 2. The van der Waals surface area contributed by atoms with Gasteiger partial charge in [-0.25, -0.2) is 4.79 Å². The molecule has 0 fully saturated rings. The molecule has 4 N–H and O–H groups in total. The summed E-state index contributed by atoms with van der Waals surface area (Å²) in [4.78, 5) is 23.4. The van der Waals surface area contributed by atoms with Gasteiger partial charge in [-0.3, -0.25) is 4.79 Å². The Labute approximate surface area is 130 Å². The molecular formula is C15H23N3O4. The molecule has 0 radical (unpaired) electrons. The molecule has 0 aliphatic carbocycles. The average molecular weight is 309 g/mol. The molecule has 0 bridgehead atoms. The molecule has 1 unspecified atom stereocenters. The van der Waals surface area contributed by atoms with E-state index >= 15 is 0 Å². The summed E-state index contributed by atoms with van der Waals surface area (Å²) >= 11 is 0. The second-order valence-corrected chi connectivity index (χ2v) is 5.28. The van der Waals surface area contributed by atoms with E-state index in [4.69, 9.17) is 15.2 Å². The van der Waals surface area contributed by atoms with Crippen LogP contribution in [0.4, 0.5) is 10.5 Å². The molecule has 3 amide bonds. The zero-order valence-corrected chi connectivity index (χ0v) is 13.3. The largest absolute Gasteiger partial charge is 0.497 e. The van der Waals surface area contributed by atoms with Crippen LogP contribution in [0.25, 0.3) is 0 Å². The van der Waals surface area contributed by atoms with Crippen molar-refractivity contribution >= 4 is 17.6 Å². The van der Waals surface area contributed by atoms with E-state index in [0.717, 1.165) is 0 Å². The third-order valence-corrected chi connectivity index (χ3v) is 2.96. The summed E-state index contributed by atoms with van der Waals surface area (Å²) in [7, 11) is 3.05. The van der Waals surface area contributed by atoms with Crippen molar-refractivity contribution in [2.45, 2.75) is 26.3 Å². The van der Waals surface area contributed by atoms with Crippen LogP contribution in [0.3, 0.4) is 0 Å². The minimum atomic E-state index is -0.732. The van der Waals surface area contributed by atoms with Crippen LogP contribution in [0.5, 0.6) is 11.5 Å². The van der Waals surface area contributed by atoms with Crippen molar-refractivity contribution in [2.75, 3.05) is 19.5 Å². The molecule has 7 nitrogen and oxygen atoms in total. The first-order valence-electron chi connectivity index (χ1n) is 6.95. The number of hydrogen-bond donors (Lipinski definition) is 3. The lowest BCUT2D eigenvalue weighted by atomic mass is 10.0. The molecule has 0 heterocycles. The van der Waals surface area contributed by atoms with Gasteiger partial charge in [0.1, 0.15) is 17.5 Å². The van der Waals surface area contributed by atoms with Crippen LogP contribution in [0.15, 0.2) is 18.2 Å². The third kappa shape index (κ3) is 5.51. The number of urea groups is 1. The first-order chi connectivity index (χ1) is 10.3. The molecule has 1 atom stereocenters. The number of nitrogens with two attached hydrogens (primary N) is 1. The average Bonchev–Trinajstić information content (AvgIpc) is 2.45. The number of anilines is 1. The maximum absolute atomic E-state index is 12.3. The van der Waals surface area contributed by atoms with Crippen molar-refractivity contribution in [2.24, 2.45) is 11.7 Å². The Kier molecular flexibility index (Phi) is 6.49. The van der Waals surface area contributed by atoms with Crippen molar-refractivity contribution in [1.29, 1.82) is 0 Å². The zero-order valence-electron chi connectivity index (χ0n) is 13.3. The number of carbonyl (C=O) groups is 2. The molecule has 7 heteroatoms. The van der Waals surface area contributed by atoms with Gasteiger partial charge >= 0.3 is 6.03 Å². The highest BCUT2D eigenvalue weighted by molar-refractivity contribution is 5.97. The van der Waals surface area contributed by atoms with Crippen molar-refractivity contribution < 1.29 is 19.1 Å². The van der Waals surface area contributed by atoms with Gasteiger partial charge < -0.3 is 25.8 Å². The van der Waals surface area contributed by atoms with Gasteiger partial charge in [0.2, 0.25) is 5.91 Å². The third-order valence-electron chi connectivity index (χ3n) is 2.96. The number of carbonyl (C=O) groups excluding carboxylic acids is 2. The van der Waals surface area contributed by atoms with Crippen LogP contribution in [0.1, 0.15) is 20.3 Å². The van der Waals surface area contributed by atoms with Gasteiger partial charge in [-0.1, -0.05) is 13.8 Å². The lowest BCUT2D eigenvalue weighted by molar-refractivity contribution is -0.118. The van der Waals surface area contributed by atoms with Crippen LogP contribution in [-0.4, -0.2) is 32.2 Å². The molecule has 0 aliphatic rings. The van der Waals surface area contributed by atoms with Gasteiger partial charge in [-0.05, 0) is 12.3 Å². The normalized spacial score (nSPS) is 11.7. The van der Waals surface area contributed by atoms with E-state index in [1.807, 2.05) is 13.8 Å². The number of amides is 3. The Morgan fingerprint density at radius 3 is 2.09 bits per heavy atom. The molecular weight excluding hydrogens is 286 g/mol. The van der Waals surface area contributed by atoms with E-state index in [1.54, 1.807) is 18.2 Å². The smallest absolute Gasteiger partial charge is 0.312 e. The zero-order chi connectivity index (χ0) is 16.7. The molecule has 0 aliphatic heterocycles. The molecule has 0 saturated heterocycles. The van der Waals surface area contributed by atoms with Gasteiger partial charge in [0.25, 0.3) is 0 Å². The quantitative estimate of drug-likeness (QED) is 0.713. The van der Waals surface area contributed by atoms with Crippen molar-refractivity contribution in [3.05, 3.63) is 18.2 Å². The second kappa shape index (κ2) is 8.11. The van der Waals surface area contributed by atoms with Crippen LogP contribution in [0.2, 0.25) is 0 Å². The topological polar surface area (TPSA) is 103 Å². The minimum absolute atomic E-state index is 0.224. The number of benzene rings is 1. The Hall–Kier alpha value is -2.44. The first kappa shape index (κ1) is 17.6. The Balaban J connectivity index is 2.90. The summed E-state index contributed by atoms with van der Waals surface area (Å²) in [5.41, 5.74) is 5.64. The number of ether oxygens (including phenoxy) is 2. The van der Waals surface area contributed by atoms with E-state index < -0.39 is 12.1 Å². The summed E-state index contributed by atoms with van der Waals surface area (Å²) in [6, 6.07) is 3.59. The Morgan fingerprint density at radius 1 is 1.14 bits per heavy atom. The first-order valence-corrected chi connectivity index (χ1v) is 6.95. The lowest BCUT2D eigenvalue weighted by Gasteiger charge is -2.19. The fraction of sp³-hybridized carbons (Fsp3) is 0.467. The maximum atomic E-state index is 12.3.